The van der Waals surface area contributed by atoms with E-state index in [4.69, 9.17) is 0 Å². The van der Waals surface area contributed by atoms with Crippen molar-refractivity contribution in [2.24, 2.45) is 0 Å². The van der Waals surface area contributed by atoms with E-state index in [0.717, 1.165) is 71.6 Å². The molecule has 6 rings (SSSR count). The molecule has 0 atom stereocenters. The number of aromatic nitrogens is 4. The number of rotatable bonds is 5. The lowest BCUT2D eigenvalue weighted by Gasteiger charge is -2.34. The average Bonchev–Trinajstić information content (AvgIpc) is 3.20. The zero-order valence-corrected chi connectivity index (χ0v) is 20.2. The molecule has 1 aliphatic heterocycles. The summed E-state index contributed by atoms with van der Waals surface area (Å²) in [6.45, 7) is 8.52. The number of aryl methyl sites for hydroxylation is 1. The van der Waals surface area contributed by atoms with E-state index in [9.17, 15) is 4.79 Å². The quantitative estimate of drug-likeness (QED) is 0.450. The van der Waals surface area contributed by atoms with E-state index in [0.29, 0.717) is 18.0 Å². The van der Waals surface area contributed by atoms with Gasteiger partial charge in [-0.3, -0.25) is 4.79 Å². The van der Waals surface area contributed by atoms with Gasteiger partial charge in [-0.2, -0.15) is 5.10 Å². The highest BCUT2D eigenvalue weighted by atomic mass is 32.1. The number of carbonyl (C=O) groups is 1. The van der Waals surface area contributed by atoms with Gasteiger partial charge in [0.2, 0.25) is 0 Å². The number of aromatic amines is 1. The van der Waals surface area contributed by atoms with E-state index in [1.807, 2.05) is 10.7 Å². The number of amides is 1. The van der Waals surface area contributed by atoms with Crippen LogP contribution in [0.4, 0.5) is 0 Å². The summed E-state index contributed by atoms with van der Waals surface area (Å²) < 4.78 is 3.03. The molecular weight excluding hydrogens is 432 g/mol. The number of carbonyl (C=O) groups excluding carboxylic acids is 1. The predicted molar refractivity (Wildman–Crippen MR) is 132 cm³/mol. The summed E-state index contributed by atoms with van der Waals surface area (Å²) in [4.78, 5) is 24.7. The van der Waals surface area contributed by atoms with Gasteiger partial charge >= 0.3 is 0 Å². The summed E-state index contributed by atoms with van der Waals surface area (Å²) in [5.74, 6) is 0.543. The highest BCUT2D eigenvalue weighted by molar-refractivity contribution is 7.21. The third kappa shape index (κ3) is 3.56. The van der Waals surface area contributed by atoms with Gasteiger partial charge in [0.1, 0.15) is 6.33 Å². The first-order valence-corrected chi connectivity index (χ1v) is 12.8. The molecule has 0 aromatic carbocycles. The molecule has 1 saturated heterocycles. The fourth-order valence-corrected chi connectivity index (χ4v) is 6.57. The first-order chi connectivity index (χ1) is 16.0. The van der Waals surface area contributed by atoms with Crippen LogP contribution in [0.1, 0.15) is 66.2 Å². The summed E-state index contributed by atoms with van der Waals surface area (Å²) in [5, 5.41) is 7.77. The Morgan fingerprint density at radius 1 is 1.18 bits per heavy atom. The molecule has 2 N–H and O–H groups in total. The van der Waals surface area contributed by atoms with Crippen LogP contribution in [-0.4, -0.2) is 55.6 Å². The lowest BCUT2D eigenvalue weighted by molar-refractivity contribution is 0.0628. The Hall–Kier alpha value is -2.71. The Labute approximate surface area is 197 Å². The van der Waals surface area contributed by atoms with Gasteiger partial charge in [0, 0.05) is 23.8 Å². The van der Waals surface area contributed by atoms with Gasteiger partial charge in [0.05, 0.1) is 20.8 Å². The van der Waals surface area contributed by atoms with Crippen molar-refractivity contribution in [2.75, 3.05) is 13.1 Å². The molecule has 8 heteroatoms. The molecular formula is C25H30N6OS. The van der Waals surface area contributed by atoms with Crippen LogP contribution < -0.4 is 5.32 Å². The second-order valence-electron chi connectivity index (χ2n) is 9.79. The van der Waals surface area contributed by atoms with Crippen LogP contribution in [0.3, 0.4) is 0 Å². The minimum absolute atomic E-state index is 0.218. The van der Waals surface area contributed by atoms with Crippen molar-refractivity contribution in [3.8, 4) is 11.3 Å². The zero-order chi connectivity index (χ0) is 22.7. The van der Waals surface area contributed by atoms with Crippen LogP contribution in [0.5, 0.6) is 0 Å². The number of nitrogens with zero attached hydrogens (tertiary/aromatic N) is 4. The van der Waals surface area contributed by atoms with Crippen molar-refractivity contribution in [1.82, 2.24) is 29.8 Å². The number of piperidine rings is 1. The second kappa shape index (κ2) is 7.95. The number of fused-ring (bicyclic) bond motifs is 2. The fraction of sp³-hybridized carbons (Fsp3) is 0.480. The number of pyridine rings is 1. The van der Waals surface area contributed by atoms with Crippen molar-refractivity contribution in [1.29, 1.82) is 0 Å². The van der Waals surface area contributed by atoms with Gasteiger partial charge in [0.25, 0.3) is 5.91 Å². The molecule has 172 valence electrons. The van der Waals surface area contributed by atoms with Crippen LogP contribution in [-0.2, 0) is 0 Å². The van der Waals surface area contributed by atoms with Crippen molar-refractivity contribution in [3.63, 3.8) is 0 Å². The van der Waals surface area contributed by atoms with Crippen LogP contribution in [0, 0.1) is 6.92 Å². The largest absolute Gasteiger partial charge is 0.354 e. The van der Waals surface area contributed by atoms with Gasteiger partial charge in [-0.1, -0.05) is 13.8 Å². The van der Waals surface area contributed by atoms with Crippen molar-refractivity contribution >= 4 is 33.1 Å². The third-order valence-electron chi connectivity index (χ3n) is 7.02. The standard InChI is InChI=1S/C25H30N6OS/c1-14(2)21-22(16-10-15(3)24-27-13-28-30(24)12-16)29-19-11-20(33-23(19)21)25(32)31(17-4-5-17)18-6-8-26-9-7-18/h10-14,17-18,26,29H,4-9H2,1-3H3. The van der Waals surface area contributed by atoms with E-state index < -0.39 is 0 Å². The molecule has 0 spiro atoms. The summed E-state index contributed by atoms with van der Waals surface area (Å²) >= 11 is 1.65. The van der Waals surface area contributed by atoms with Gasteiger partial charge in [0.15, 0.2) is 5.65 Å². The van der Waals surface area contributed by atoms with Crippen molar-refractivity contribution < 1.29 is 4.79 Å². The molecule has 5 heterocycles. The maximum atomic E-state index is 13.7. The normalized spacial score (nSPS) is 17.5. The first kappa shape index (κ1) is 20.9. The third-order valence-corrected chi connectivity index (χ3v) is 8.17. The van der Waals surface area contributed by atoms with Crippen molar-refractivity contribution in [2.45, 2.75) is 64.5 Å². The van der Waals surface area contributed by atoms with E-state index in [2.05, 4.69) is 58.2 Å². The molecule has 2 fully saturated rings. The van der Waals surface area contributed by atoms with Crippen LogP contribution in [0.2, 0.25) is 0 Å². The summed E-state index contributed by atoms with van der Waals surface area (Å²) in [5.41, 5.74) is 6.51. The monoisotopic (exact) mass is 462 g/mol. The van der Waals surface area contributed by atoms with Crippen LogP contribution in [0.15, 0.2) is 24.7 Å². The number of hydrogen-bond donors (Lipinski definition) is 2. The molecule has 4 aromatic rings. The fourth-order valence-electron chi connectivity index (χ4n) is 5.31. The predicted octanol–water partition coefficient (Wildman–Crippen LogP) is 4.73. The Kier molecular flexibility index (Phi) is 5.03. The Balaban J connectivity index is 1.40. The smallest absolute Gasteiger partial charge is 0.264 e. The molecule has 33 heavy (non-hydrogen) atoms. The van der Waals surface area contributed by atoms with Crippen LogP contribution in [0.25, 0.3) is 27.1 Å². The zero-order valence-electron chi connectivity index (χ0n) is 19.4. The van der Waals surface area contributed by atoms with E-state index in [1.165, 1.54) is 10.3 Å². The van der Waals surface area contributed by atoms with E-state index in [1.54, 1.807) is 17.7 Å². The van der Waals surface area contributed by atoms with Gasteiger partial charge in [-0.15, -0.1) is 11.3 Å². The van der Waals surface area contributed by atoms with Crippen LogP contribution >= 0.6 is 11.3 Å². The van der Waals surface area contributed by atoms with Gasteiger partial charge in [-0.25, -0.2) is 9.50 Å². The summed E-state index contributed by atoms with van der Waals surface area (Å²) in [6, 6.07) is 5.04. The van der Waals surface area contributed by atoms with Crippen molar-refractivity contribution in [3.05, 3.63) is 40.7 Å². The maximum Gasteiger partial charge on any atom is 0.264 e. The first-order valence-electron chi connectivity index (χ1n) is 12.0. The minimum atomic E-state index is 0.218. The maximum absolute atomic E-state index is 13.7. The second-order valence-corrected chi connectivity index (χ2v) is 10.8. The topological polar surface area (TPSA) is 78.3 Å². The Morgan fingerprint density at radius 2 is 1.94 bits per heavy atom. The van der Waals surface area contributed by atoms with E-state index >= 15 is 0 Å². The molecule has 4 aromatic heterocycles. The van der Waals surface area contributed by atoms with E-state index in [-0.39, 0.29) is 5.91 Å². The molecule has 0 radical (unpaired) electrons. The molecule has 0 unspecified atom stereocenters. The SMILES string of the molecule is Cc1cc(-c2[nH]c3cc(C(=O)N(C4CCNCC4)C4CC4)sc3c2C(C)C)cn2ncnc12. The van der Waals surface area contributed by atoms with Gasteiger partial charge < -0.3 is 15.2 Å². The molecule has 1 aliphatic carbocycles. The minimum Gasteiger partial charge on any atom is -0.354 e. The summed E-state index contributed by atoms with van der Waals surface area (Å²) in [6.07, 6.45) is 8.02. The number of nitrogens with one attached hydrogen (secondary N) is 2. The highest BCUT2D eigenvalue weighted by Gasteiger charge is 2.39. The molecule has 0 bridgehead atoms. The molecule has 1 saturated carbocycles. The average molecular weight is 463 g/mol. The Bertz CT molecular complexity index is 1340. The summed E-state index contributed by atoms with van der Waals surface area (Å²) in [7, 11) is 0. The number of H-pyrrole nitrogens is 1. The molecule has 1 amide bonds. The molecule has 2 aliphatic rings. The lowest BCUT2D eigenvalue weighted by Crippen LogP contribution is -2.47. The highest BCUT2D eigenvalue weighted by Crippen LogP contribution is 2.41. The number of hydrogen-bond acceptors (Lipinski definition) is 5. The number of thiophene rings is 1. The van der Waals surface area contributed by atoms with Gasteiger partial charge in [-0.05, 0) is 74.9 Å². The lowest BCUT2D eigenvalue weighted by atomic mass is 9.99. The molecule has 7 nitrogen and oxygen atoms in total. The Morgan fingerprint density at radius 3 is 2.67 bits per heavy atom.